The molecular formula is C34H52N2. The van der Waals surface area contributed by atoms with Crippen molar-refractivity contribution in [1.29, 1.82) is 0 Å². The van der Waals surface area contributed by atoms with E-state index in [1.165, 1.54) is 36.0 Å². The van der Waals surface area contributed by atoms with Crippen LogP contribution in [0.3, 0.4) is 0 Å². The highest BCUT2D eigenvalue weighted by molar-refractivity contribution is 5.95. The number of nitrogens with two attached hydrogens (primary N) is 1. The predicted molar refractivity (Wildman–Crippen MR) is 167 cm³/mol. The maximum Gasteiger partial charge on any atom is 0.0337 e. The Morgan fingerprint density at radius 1 is 0.972 bits per heavy atom. The highest BCUT2D eigenvalue weighted by atomic mass is 14.8. The van der Waals surface area contributed by atoms with Crippen LogP contribution in [0, 0.1) is 12.3 Å². The van der Waals surface area contributed by atoms with Crippen LogP contribution in [-0.2, 0) is 0 Å². The van der Waals surface area contributed by atoms with Crippen molar-refractivity contribution in [3.8, 4) is 12.3 Å². The van der Waals surface area contributed by atoms with E-state index in [2.05, 4.69) is 88.0 Å². The van der Waals surface area contributed by atoms with E-state index < -0.39 is 0 Å². The largest absolute Gasteiger partial charge is 0.388 e. The summed E-state index contributed by atoms with van der Waals surface area (Å²) in [7, 11) is 1.92. The molecule has 0 bridgehead atoms. The van der Waals surface area contributed by atoms with Crippen LogP contribution in [0.25, 0.3) is 11.1 Å². The lowest BCUT2D eigenvalue weighted by molar-refractivity contribution is 0.562. The van der Waals surface area contributed by atoms with Crippen LogP contribution in [-0.4, -0.2) is 13.1 Å². The molecule has 2 aromatic carbocycles. The molecule has 0 fully saturated rings. The number of allylic oxidation sites excluding steroid dienone is 5. The Morgan fingerprint density at radius 3 is 1.92 bits per heavy atom. The Bertz CT molecular complexity index is 923. The molecule has 1 atom stereocenters. The summed E-state index contributed by atoms with van der Waals surface area (Å²) in [5.74, 6) is 2.66. The Labute approximate surface area is 223 Å². The maximum atomic E-state index is 5.66. The maximum absolute atomic E-state index is 5.66. The number of terminal acetylenes is 1. The molecule has 2 heteroatoms. The van der Waals surface area contributed by atoms with E-state index >= 15 is 0 Å². The average Bonchev–Trinajstić information content (AvgIpc) is 2.96. The molecular weight excluding hydrogens is 436 g/mol. The first-order valence-corrected chi connectivity index (χ1v) is 13.5. The number of unbranched alkanes of at least 4 members (excludes halogenated alkanes) is 1. The van der Waals surface area contributed by atoms with E-state index in [-0.39, 0.29) is 0 Å². The summed E-state index contributed by atoms with van der Waals surface area (Å²) in [4.78, 5) is 0. The first-order chi connectivity index (χ1) is 17.4. The first kappa shape index (κ1) is 35.1. The topological polar surface area (TPSA) is 38.0 Å². The molecule has 0 radical (unpaired) electrons. The highest BCUT2D eigenvalue weighted by Gasteiger charge is 2.07. The molecule has 1 unspecified atom stereocenters. The van der Waals surface area contributed by atoms with Crippen LogP contribution in [0.5, 0.6) is 0 Å². The van der Waals surface area contributed by atoms with Gasteiger partial charge in [-0.3, -0.25) is 0 Å². The van der Waals surface area contributed by atoms with Gasteiger partial charge in [0, 0.05) is 24.3 Å². The Hall–Kier alpha value is -3.02. The van der Waals surface area contributed by atoms with Crippen LogP contribution in [0.2, 0.25) is 0 Å². The summed E-state index contributed by atoms with van der Waals surface area (Å²) in [6, 6.07) is 17.0. The summed E-state index contributed by atoms with van der Waals surface area (Å²) in [6.45, 7) is 20.4. The fourth-order valence-corrected chi connectivity index (χ4v) is 3.15. The smallest absolute Gasteiger partial charge is 0.0337 e. The SMILES string of the molecule is C#Cc1ccc(C(/C=C(\C)C=C)=C(/C)c2ccc(NC)cc2)cc1.CC.CC.CCCCC(N)CC. The van der Waals surface area contributed by atoms with Crippen molar-refractivity contribution >= 4 is 16.8 Å². The van der Waals surface area contributed by atoms with Crippen molar-refractivity contribution < 1.29 is 0 Å². The summed E-state index contributed by atoms with van der Waals surface area (Å²) >= 11 is 0. The van der Waals surface area contributed by atoms with E-state index in [1.807, 2.05) is 53.0 Å². The molecule has 0 saturated carbocycles. The zero-order valence-electron chi connectivity index (χ0n) is 24.5. The second-order valence-corrected chi connectivity index (χ2v) is 7.99. The molecule has 0 amide bonds. The monoisotopic (exact) mass is 488 g/mol. The zero-order chi connectivity index (χ0) is 27.9. The molecule has 0 spiro atoms. The van der Waals surface area contributed by atoms with Gasteiger partial charge in [0.05, 0.1) is 0 Å². The van der Waals surface area contributed by atoms with Crippen molar-refractivity contribution in [2.24, 2.45) is 5.73 Å². The molecule has 3 N–H and O–H groups in total. The van der Waals surface area contributed by atoms with Gasteiger partial charge in [0.1, 0.15) is 0 Å². The average molecular weight is 489 g/mol. The van der Waals surface area contributed by atoms with E-state index in [4.69, 9.17) is 12.2 Å². The Balaban J connectivity index is 0. The molecule has 0 heterocycles. The third kappa shape index (κ3) is 13.8. The molecule has 198 valence electrons. The van der Waals surface area contributed by atoms with E-state index in [1.54, 1.807) is 0 Å². The van der Waals surface area contributed by atoms with Crippen LogP contribution < -0.4 is 11.1 Å². The van der Waals surface area contributed by atoms with Gasteiger partial charge in [0.2, 0.25) is 0 Å². The van der Waals surface area contributed by atoms with E-state index in [9.17, 15) is 0 Å². The minimum Gasteiger partial charge on any atom is -0.388 e. The number of rotatable bonds is 9. The van der Waals surface area contributed by atoms with Gasteiger partial charge in [0.25, 0.3) is 0 Å². The Morgan fingerprint density at radius 2 is 1.50 bits per heavy atom. The molecule has 2 rings (SSSR count). The molecule has 36 heavy (non-hydrogen) atoms. The van der Waals surface area contributed by atoms with Crippen LogP contribution in [0.4, 0.5) is 5.69 Å². The van der Waals surface area contributed by atoms with Crippen molar-refractivity contribution in [1.82, 2.24) is 0 Å². The summed E-state index contributed by atoms with van der Waals surface area (Å²) in [5.41, 5.74) is 13.5. The molecule has 0 aliphatic rings. The first-order valence-electron chi connectivity index (χ1n) is 13.5. The molecule has 2 aromatic rings. The lowest BCUT2D eigenvalue weighted by atomic mass is 9.93. The van der Waals surface area contributed by atoms with E-state index in [0.29, 0.717) is 6.04 Å². The third-order valence-electron chi connectivity index (χ3n) is 5.52. The van der Waals surface area contributed by atoms with Gasteiger partial charge in [-0.15, -0.1) is 6.42 Å². The van der Waals surface area contributed by atoms with Gasteiger partial charge < -0.3 is 11.1 Å². The molecule has 2 nitrogen and oxygen atoms in total. The van der Waals surface area contributed by atoms with Gasteiger partial charge >= 0.3 is 0 Å². The second kappa shape index (κ2) is 22.4. The van der Waals surface area contributed by atoms with Crippen molar-refractivity contribution in [2.45, 2.75) is 87.1 Å². The van der Waals surface area contributed by atoms with E-state index in [0.717, 1.165) is 28.8 Å². The highest BCUT2D eigenvalue weighted by Crippen LogP contribution is 2.29. The van der Waals surface area contributed by atoms with Crippen LogP contribution >= 0.6 is 0 Å². The lowest BCUT2D eigenvalue weighted by Crippen LogP contribution is -2.17. The van der Waals surface area contributed by atoms with Crippen molar-refractivity contribution in [3.63, 3.8) is 0 Å². The summed E-state index contributed by atoms with van der Waals surface area (Å²) in [5, 5.41) is 3.15. The normalized spacial score (nSPS) is 11.5. The standard InChI is InChI=1S/C23H23N.C7H17N.2C2H6/c1-6-17(3)16-23(21-10-8-19(7-2)9-11-21)18(4)20-12-14-22(24-5)15-13-20;1-3-5-6-7(8)4-2;2*1-2/h2,6,8-16,24H,1H2,3-5H3;7H,3-6,8H2,1-2H3;2*1-2H3/b17-16+,23-18-;;;. The van der Waals surface area contributed by atoms with Crippen molar-refractivity contribution in [2.75, 3.05) is 12.4 Å². The van der Waals surface area contributed by atoms with Gasteiger partial charge in [0.15, 0.2) is 0 Å². The minimum atomic E-state index is 0.454. The number of nitrogens with one attached hydrogen (secondary N) is 1. The van der Waals surface area contributed by atoms with Crippen molar-refractivity contribution in [3.05, 3.63) is 89.5 Å². The number of anilines is 1. The number of hydrogen-bond donors (Lipinski definition) is 2. The fourth-order valence-electron chi connectivity index (χ4n) is 3.15. The zero-order valence-corrected chi connectivity index (χ0v) is 24.5. The van der Waals surface area contributed by atoms with Gasteiger partial charge in [-0.05, 0) is 73.2 Å². The molecule has 0 aliphatic carbocycles. The Kier molecular flexibility index (Phi) is 21.9. The van der Waals surface area contributed by atoms with Crippen LogP contribution in [0.1, 0.15) is 97.8 Å². The fraction of sp³-hybridized carbons (Fsp3) is 0.412. The van der Waals surface area contributed by atoms with Crippen LogP contribution in [0.15, 0.2) is 72.8 Å². The summed E-state index contributed by atoms with van der Waals surface area (Å²) < 4.78 is 0. The summed E-state index contributed by atoms with van der Waals surface area (Å²) in [6.07, 6.45) is 14.4. The van der Waals surface area contributed by atoms with Gasteiger partial charge in [-0.1, -0.05) is 109 Å². The minimum absolute atomic E-state index is 0.454. The number of hydrogen-bond acceptors (Lipinski definition) is 2. The molecule has 0 saturated heterocycles. The predicted octanol–water partition coefficient (Wildman–Crippen LogP) is 9.74. The number of benzene rings is 2. The second-order valence-electron chi connectivity index (χ2n) is 7.99. The quantitative estimate of drug-likeness (QED) is 0.209. The third-order valence-corrected chi connectivity index (χ3v) is 5.52. The molecule has 0 aromatic heterocycles. The lowest BCUT2D eigenvalue weighted by Gasteiger charge is -2.12. The molecule has 0 aliphatic heterocycles. The van der Waals surface area contributed by atoms with Gasteiger partial charge in [-0.2, -0.15) is 0 Å². The van der Waals surface area contributed by atoms with Gasteiger partial charge in [-0.25, -0.2) is 0 Å².